The zero-order valence-electron chi connectivity index (χ0n) is 10.4. The van der Waals surface area contributed by atoms with Gasteiger partial charge in [-0.1, -0.05) is 22.9 Å². The van der Waals surface area contributed by atoms with Crippen LogP contribution < -0.4 is 33.8 Å². The van der Waals surface area contributed by atoms with Crippen LogP contribution >= 0.6 is 0 Å². The fourth-order valence-electron chi connectivity index (χ4n) is 1.19. The number of hydrogen-bond acceptors (Lipinski definition) is 7. The van der Waals surface area contributed by atoms with E-state index < -0.39 is 10.2 Å². The Hall–Kier alpha value is -1.97. The summed E-state index contributed by atoms with van der Waals surface area (Å²) >= 11 is 0. The Morgan fingerprint density at radius 1 is 1.15 bits per heavy atom. The van der Waals surface area contributed by atoms with Crippen molar-refractivity contribution >= 4 is 5.69 Å². The zero-order chi connectivity index (χ0) is 15.2. The standard InChI is InChI=1S/C11H11N3O.ClHO4/c1-14-11(7-9(12)8-13-14)15-10-5-3-2-4-6-10;2-1(3,4)5/h2-8,12H,1H3;(H,2,3,4,5). The van der Waals surface area contributed by atoms with Crippen LogP contribution in [0.5, 0.6) is 11.6 Å². The van der Waals surface area contributed by atoms with Crippen molar-refractivity contribution in [1.29, 1.82) is 0 Å². The highest BCUT2D eigenvalue weighted by molar-refractivity contribution is 5.36. The summed E-state index contributed by atoms with van der Waals surface area (Å²) in [6.45, 7) is 0. The minimum atomic E-state index is -4.94. The summed E-state index contributed by atoms with van der Waals surface area (Å²) in [4.78, 5) is 0. The summed E-state index contributed by atoms with van der Waals surface area (Å²) < 4.78 is 41.2. The van der Waals surface area contributed by atoms with Gasteiger partial charge < -0.3 is 10.5 Å². The lowest BCUT2D eigenvalue weighted by atomic mass is 10.3. The lowest BCUT2D eigenvalue weighted by molar-refractivity contribution is -2.00. The quantitative estimate of drug-likeness (QED) is 0.567. The monoisotopic (exact) mass is 301 g/mol. The molecule has 0 bridgehead atoms. The van der Waals surface area contributed by atoms with Crippen LogP contribution in [-0.2, 0) is 7.05 Å². The van der Waals surface area contributed by atoms with Gasteiger partial charge in [-0.15, -0.1) is 10.2 Å². The van der Waals surface area contributed by atoms with E-state index in [1.165, 1.54) is 0 Å². The number of anilines is 1. The fraction of sp³-hybridized carbons (Fsp3) is 0.0909. The van der Waals surface area contributed by atoms with Crippen molar-refractivity contribution in [2.45, 2.75) is 0 Å². The Labute approximate surface area is 117 Å². The van der Waals surface area contributed by atoms with Crippen molar-refractivity contribution < 1.29 is 38.3 Å². The van der Waals surface area contributed by atoms with Gasteiger partial charge in [0, 0.05) is 0 Å². The molecule has 8 nitrogen and oxygen atoms in total. The van der Waals surface area contributed by atoms with E-state index in [2.05, 4.69) is 5.10 Å². The van der Waals surface area contributed by atoms with Crippen molar-refractivity contribution in [2.24, 2.45) is 7.05 Å². The molecule has 0 unspecified atom stereocenters. The Kier molecular flexibility index (Phi) is 5.62. The lowest BCUT2D eigenvalue weighted by Gasteiger charge is -2.17. The van der Waals surface area contributed by atoms with Gasteiger partial charge in [0.25, 0.3) is 0 Å². The highest BCUT2D eigenvalue weighted by Gasteiger charge is 2.10. The third-order valence-electron chi connectivity index (χ3n) is 1.95. The second-order valence-corrected chi connectivity index (χ2v) is 4.30. The normalized spacial score (nSPS) is 10.4. The minimum Gasteiger partial charge on any atom is -0.403 e. The number of ether oxygens (including phenoxy) is 1. The molecule has 1 aromatic carbocycles. The van der Waals surface area contributed by atoms with Gasteiger partial charge in [-0.05, 0) is 17.2 Å². The van der Waals surface area contributed by atoms with Gasteiger partial charge in [0.1, 0.15) is 11.9 Å². The smallest absolute Gasteiger partial charge is 0.400 e. The third kappa shape index (κ3) is 6.83. The molecule has 0 aliphatic heterocycles. The molecule has 0 aliphatic rings. The van der Waals surface area contributed by atoms with E-state index >= 15 is 0 Å². The molecule has 108 valence electrons. The number of para-hydroxylation sites is 1. The number of nitrogens with two attached hydrogens (primary N) is 1. The number of halogens is 1. The van der Waals surface area contributed by atoms with Crippen molar-refractivity contribution in [2.75, 3.05) is 5.73 Å². The van der Waals surface area contributed by atoms with E-state index in [1.807, 2.05) is 30.3 Å². The summed E-state index contributed by atoms with van der Waals surface area (Å²) in [5, 5.41) is 4.04. The number of hydrogen-bond donors (Lipinski definition) is 1. The molecule has 9 heteroatoms. The van der Waals surface area contributed by atoms with E-state index in [4.69, 9.17) is 29.1 Å². The van der Waals surface area contributed by atoms with Crippen LogP contribution in [0.3, 0.4) is 0 Å². The summed E-state index contributed by atoms with van der Waals surface area (Å²) in [7, 11) is -3.14. The molecule has 0 saturated heterocycles. The molecule has 1 heterocycles. The first-order valence-electron chi connectivity index (χ1n) is 5.22. The molecule has 0 spiro atoms. The molecule has 0 amide bonds. The van der Waals surface area contributed by atoms with E-state index in [1.54, 1.807) is 24.0 Å². The topological polar surface area (TPSA) is 144 Å². The van der Waals surface area contributed by atoms with Crippen LogP contribution in [0.15, 0.2) is 42.6 Å². The highest BCUT2D eigenvalue weighted by atomic mass is 35.7. The minimum absolute atomic E-state index is 0.582. The molecule has 0 fully saturated rings. The zero-order valence-corrected chi connectivity index (χ0v) is 11.2. The number of benzene rings is 1. The molecule has 2 aromatic rings. The molecule has 20 heavy (non-hydrogen) atoms. The van der Waals surface area contributed by atoms with Gasteiger partial charge in [-0.2, -0.15) is 0 Å². The van der Waals surface area contributed by atoms with E-state index in [0.29, 0.717) is 11.6 Å². The summed E-state index contributed by atoms with van der Waals surface area (Å²) in [5.74, 6) is 1.38. The van der Waals surface area contributed by atoms with Crippen LogP contribution in [-0.4, -0.2) is 5.10 Å². The third-order valence-corrected chi connectivity index (χ3v) is 1.95. The molecule has 0 aliphatic carbocycles. The van der Waals surface area contributed by atoms with E-state index in [0.717, 1.165) is 5.75 Å². The number of nitrogens with zero attached hydrogens (tertiary/aromatic N) is 2. The molecule has 1 aromatic heterocycles. The second kappa shape index (κ2) is 6.98. The lowest BCUT2D eigenvalue weighted by Crippen LogP contribution is -2.68. The maximum absolute atomic E-state index is 8.49. The second-order valence-electron chi connectivity index (χ2n) is 3.54. The first-order chi connectivity index (χ1) is 9.25. The van der Waals surface area contributed by atoms with E-state index in [9.17, 15) is 0 Å². The molecule has 2 N–H and O–H groups in total. The summed E-state index contributed by atoms with van der Waals surface area (Å²) in [5.41, 5.74) is 6.21. The van der Waals surface area contributed by atoms with Gasteiger partial charge in [-0.25, -0.2) is 18.6 Å². The molecular formula is C11H12ClN3O5. The molecule has 0 radical (unpaired) electrons. The Morgan fingerprint density at radius 3 is 2.25 bits per heavy atom. The van der Waals surface area contributed by atoms with Gasteiger partial charge in [0.2, 0.25) is 0 Å². The van der Waals surface area contributed by atoms with Gasteiger partial charge in [-0.3, -0.25) is 0 Å². The number of aromatic nitrogens is 2. The predicted molar refractivity (Wildman–Crippen MR) is 56.3 cm³/mol. The fourth-order valence-corrected chi connectivity index (χ4v) is 1.19. The number of nitrogen functional groups attached to an aromatic ring is 1. The van der Waals surface area contributed by atoms with Crippen molar-refractivity contribution in [3.05, 3.63) is 42.6 Å². The number of aryl methyl sites for hydroxylation is 1. The molecular weight excluding hydrogens is 290 g/mol. The Bertz CT molecular complexity index is 542. The van der Waals surface area contributed by atoms with Crippen molar-refractivity contribution in [1.82, 2.24) is 5.10 Å². The van der Waals surface area contributed by atoms with E-state index in [-0.39, 0.29) is 0 Å². The SMILES string of the molecule is C[n+]1ncc(N)cc1Oc1ccccc1.[O-][Cl+3]([O-])([O-])[O-]. The first kappa shape index (κ1) is 16.1. The van der Waals surface area contributed by atoms with Crippen LogP contribution in [0.25, 0.3) is 0 Å². The average Bonchev–Trinajstić information content (AvgIpc) is 2.33. The van der Waals surface area contributed by atoms with Gasteiger partial charge >= 0.3 is 5.88 Å². The Morgan fingerprint density at radius 2 is 1.70 bits per heavy atom. The van der Waals surface area contributed by atoms with Crippen LogP contribution in [0.2, 0.25) is 0 Å². The first-order valence-corrected chi connectivity index (χ1v) is 6.45. The summed E-state index contributed by atoms with van der Waals surface area (Å²) in [6.07, 6.45) is 1.58. The highest BCUT2D eigenvalue weighted by Crippen LogP contribution is 2.17. The molecule has 0 saturated carbocycles. The van der Waals surface area contributed by atoms with Gasteiger partial charge in [0.15, 0.2) is 7.05 Å². The molecule has 2 rings (SSSR count). The van der Waals surface area contributed by atoms with Crippen LogP contribution in [0.4, 0.5) is 5.69 Å². The van der Waals surface area contributed by atoms with Crippen molar-refractivity contribution in [3.8, 4) is 11.6 Å². The molecule has 0 atom stereocenters. The maximum atomic E-state index is 8.49. The average molecular weight is 302 g/mol. The maximum Gasteiger partial charge on any atom is 0.400 e. The van der Waals surface area contributed by atoms with Gasteiger partial charge in [0.05, 0.1) is 11.8 Å². The number of rotatable bonds is 2. The summed E-state index contributed by atoms with van der Waals surface area (Å²) in [6, 6.07) is 11.3. The Balaban J connectivity index is 0.000000347. The predicted octanol–water partition coefficient (Wildman–Crippen LogP) is -3.48. The van der Waals surface area contributed by atoms with Crippen LogP contribution in [0.1, 0.15) is 0 Å². The van der Waals surface area contributed by atoms with Crippen LogP contribution in [0, 0.1) is 10.2 Å². The van der Waals surface area contributed by atoms with Crippen molar-refractivity contribution in [3.63, 3.8) is 0 Å². The largest absolute Gasteiger partial charge is 0.403 e.